The predicted octanol–water partition coefficient (Wildman–Crippen LogP) is 3.45. The zero-order valence-electron chi connectivity index (χ0n) is 9.46. The molecule has 92 valence electrons. The number of carboxylic acids is 1. The minimum atomic E-state index is -0.790. The van der Waals surface area contributed by atoms with Gasteiger partial charge in [0.1, 0.15) is 8.78 Å². The highest BCUT2D eigenvalue weighted by atomic mass is 32.2. The number of hydrogen-bond donors (Lipinski definition) is 1. The quantitative estimate of drug-likeness (QED) is 0.839. The van der Waals surface area contributed by atoms with Gasteiger partial charge >= 0.3 is 5.97 Å². The Morgan fingerprint density at radius 2 is 2.06 bits per heavy atom. The predicted molar refractivity (Wildman–Crippen MR) is 79.9 cm³/mol. The van der Waals surface area contributed by atoms with Crippen molar-refractivity contribution >= 4 is 45.2 Å². The zero-order chi connectivity index (χ0) is 12.7. The Bertz CT molecular complexity index is 379. The molecule has 1 atom stereocenters. The van der Waals surface area contributed by atoms with E-state index >= 15 is 0 Å². The molecule has 0 aromatic heterocycles. The van der Waals surface area contributed by atoms with Crippen LogP contribution in [0, 0.1) is 0 Å². The third-order valence-corrected chi connectivity index (χ3v) is 5.04. The van der Waals surface area contributed by atoms with Crippen LogP contribution in [0.15, 0.2) is 30.3 Å². The number of hydrogen-bond acceptors (Lipinski definition) is 4. The number of thiocarbonyl (C=S) groups is 1. The summed E-state index contributed by atoms with van der Waals surface area (Å²) in [4.78, 5) is 11.1. The molecule has 0 aliphatic rings. The Hall–Kier alpha value is -0.520. The Kier molecular flexibility index (Phi) is 6.62. The minimum Gasteiger partial charge on any atom is -0.480 e. The highest BCUT2D eigenvalue weighted by Crippen LogP contribution is 2.24. The van der Waals surface area contributed by atoms with Crippen molar-refractivity contribution in [2.24, 2.45) is 0 Å². The summed E-state index contributed by atoms with van der Waals surface area (Å²) in [6, 6.07) is 9.90. The maximum Gasteiger partial charge on any atom is 0.317 e. The summed E-state index contributed by atoms with van der Waals surface area (Å²) in [7, 11) is 0. The van der Waals surface area contributed by atoms with Gasteiger partial charge in [-0.2, -0.15) is 0 Å². The van der Waals surface area contributed by atoms with Gasteiger partial charge in [0.25, 0.3) is 0 Å². The molecule has 0 saturated heterocycles. The Labute approximate surface area is 115 Å². The highest BCUT2D eigenvalue weighted by Gasteiger charge is 2.19. The normalized spacial score (nSPS) is 12.1. The molecule has 1 aromatic rings. The van der Waals surface area contributed by atoms with Gasteiger partial charge in [0.05, 0.1) is 0 Å². The lowest BCUT2D eigenvalue weighted by molar-refractivity contribution is -0.136. The van der Waals surface area contributed by atoms with Crippen LogP contribution in [0.2, 0.25) is 0 Å². The van der Waals surface area contributed by atoms with Gasteiger partial charge in [-0.1, -0.05) is 54.3 Å². The zero-order valence-corrected chi connectivity index (χ0v) is 11.9. The molecular weight excluding hydrogens is 272 g/mol. The minimum absolute atomic E-state index is 0.449. The molecule has 1 unspecified atom stereocenters. The first kappa shape index (κ1) is 14.5. The third kappa shape index (κ3) is 5.57. The lowest BCUT2D eigenvalue weighted by Crippen LogP contribution is -2.18. The third-order valence-electron chi connectivity index (χ3n) is 2.22. The van der Waals surface area contributed by atoms with E-state index in [-0.39, 0.29) is 0 Å². The molecule has 5 heteroatoms. The van der Waals surface area contributed by atoms with Crippen LogP contribution < -0.4 is 0 Å². The van der Waals surface area contributed by atoms with Gasteiger partial charge in [-0.15, -0.1) is 11.8 Å². The number of aryl methyl sites for hydroxylation is 1. The second-order valence-corrected chi connectivity index (χ2v) is 6.64. The second kappa shape index (κ2) is 7.74. The van der Waals surface area contributed by atoms with Gasteiger partial charge in [0, 0.05) is 0 Å². The summed E-state index contributed by atoms with van der Waals surface area (Å²) < 4.78 is 0.686. The molecule has 2 nitrogen and oxygen atoms in total. The molecule has 0 saturated carbocycles. The van der Waals surface area contributed by atoms with Crippen LogP contribution in [0.1, 0.15) is 12.0 Å². The van der Waals surface area contributed by atoms with Crippen molar-refractivity contribution in [2.45, 2.75) is 18.1 Å². The fraction of sp³-hybridized carbons (Fsp3) is 0.333. The molecule has 0 bridgehead atoms. The van der Waals surface area contributed by atoms with E-state index in [4.69, 9.17) is 17.3 Å². The van der Waals surface area contributed by atoms with E-state index in [0.717, 1.165) is 12.0 Å². The van der Waals surface area contributed by atoms with Crippen LogP contribution in [0.3, 0.4) is 0 Å². The lowest BCUT2D eigenvalue weighted by atomic mass is 10.1. The van der Waals surface area contributed by atoms with Crippen LogP contribution in [-0.4, -0.2) is 26.1 Å². The number of carbonyl (C=O) groups is 1. The highest BCUT2D eigenvalue weighted by molar-refractivity contribution is 8.47. The summed E-state index contributed by atoms with van der Waals surface area (Å²) in [6.07, 6.45) is 3.23. The molecule has 1 aromatic carbocycles. The monoisotopic (exact) mass is 286 g/mol. The van der Waals surface area contributed by atoms with Gasteiger partial charge < -0.3 is 5.11 Å². The van der Waals surface area contributed by atoms with Crippen molar-refractivity contribution in [3.63, 3.8) is 0 Å². The number of aliphatic carboxylic acids is 1. The summed E-state index contributed by atoms with van der Waals surface area (Å²) >= 11 is 7.73. The van der Waals surface area contributed by atoms with Crippen LogP contribution >= 0.6 is 35.7 Å². The average Bonchev–Trinajstić information content (AvgIpc) is 2.35. The van der Waals surface area contributed by atoms with Crippen molar-refractivity contribution in [3.8, 4) is 0 Å². The van der Waals surface area contributed by atoms with E-state index in [2.05, 4.69) is 0 Å². The van der Waals surface area contributed by atoms with Crippen molar-refractivity contribution < 1.29 is 9.90 Å². The molecule has 17 heavy (non-hydrogen) atoms. The van der Waals surface area contributed by atoms with E-state index in [0.29, 0.717) is 9.95 Å². The number of rotatable bonds is 5. The van der Waals surface area contributed by atoms with Gasteiger partial charge in [-0.05, 0) is 24.7 Å². The van der Waals surface area contributed by atoms with Crippen molar-refractivity contribution in [3.05, 3.63) is 35.9 Å². The first-order valence-electron chi connectivity index (χ1n) is 5.15. The Balaban J connectivity index is 2.50. The number of carboxylic acid groups (broad SMARTS) is 1. The average molecular weight is 286 g/mol. The van der Waals surface area contributed by atoms with Gasteiger partial charge in [-0.25, -0.2) is 0 Å². The summed E-state index contributed by atoms with van der Waals surface area (Å²) in [6.45, 7) is 0. The van der Waals surface area contributed by atoms with Crippen LogP contribution in [0.4, 0.5) is 0 Å². The van der Waals surface area contributed by atoms with Crippen LogP contribution in [0.5, 0.6) is 0 Å². The maximum absolute atomic E-state index is 11.1. The fourth-order valence-electron chi connectivity index (χ4n) is 1.34. The molecule has 0 radical (unpaired) electrons. The van der Waals surface area contributed by atoms with Crippen LogP contribution in [0.25, 0.3) is 0 Å². The second-order valence-electron chi connectivity index (χ2n) is 3.42. The standard InChI is InChI=1S/C12H14O2S3/c1-16-12(15)17-10(11(13)14)8-7-9-5-3-2-4-6-9/h2-6,10H,7-8H2,1H3,(H,13,14). The summed E-state index contributed by atoms with van der Waals surface area (Å²) in [5, 5.41) is 8.66. The van der Waals surface area contributed by atoms with Gasteiger partial charge in [0.15, 0.2) is 0 Å². The molecule has 0 aliphatic heterocycles. The van der Waals surface area contributed by atoms with Crippen molar-refractivity contribution in [2.75, 3.05) is 6.26 Å². The molecule has 1 rings (SSSR count). The van der Waals surface area contributed by atoms with E-state index in [9.17, 15) is 4.79 Å². The molecule has 0 heterocycles. The Morgan fingerprint density at radius 1 is 1.41 bits per heavy atom. The van der Waals surface area contributed by atoms with Gasteiger partial charge in [0.2, 0.25) is 0 Å². The smallest absolute Gasteiger partial charge is 0.317 e. The largest absolute Gasteiger partial charge is 0.480 e. The molecule has 0 spiro atoms. The van der Waals surface area contributed by atoms with Crippen LogP contribution in [-0.2, 0) is 11.2 Å². The molecular formula is C12H14O2S3. The van der Waals surface area contributed by atoms with E-state index in [1.54, 1.807) is 0 Å². The first-order chi connectivity index (χ1) is 8.13. The molecule has 0 amide bonds. The number of thioether (sulfide) groups is 2. The SMILES string of the molecule is CSC(=S)SC(CCc1ccccc1)C(=O)O. The lowest BCUT2D eigenvalue weighted by Gasteiger charge is -2.11. The van der Waals surface area contributed by atoms with Crippen molar-refractivity contribution in [1.29, 1.82) is 0 Å². The Morgan fingerprint density at radius 3 is 2.59 bits per heavy atom. The molecule has 0 fully saturated rings. The van der Waals surface area contributed by atoms with Crippen molar-refractivity contribution in [1.82, 2.24) is 0 Å². The number of benzene rings is 1. The molecule has 0 aliphatic carbocycles. The first-order valence-corrected chi connectivity index (χ1v) is 7.66. The van der Waals surface area contributed by atoms with E-state index in [1.807, 2.05) is 36.6 Å². The summed E-state index contributed by atoms with van der Waals surface area (Å²) in [5.74, 6) is -0.790. The molecule has 1 N–H and O–H groups in total. The maximum atomic E-state index is 11.1. The topological polar surface area (TPSA) is 37.3 Å². The summed E-state index contributed by atoms with van der Waals surface area (Å²) in [5.41, 5.74) is 1.16. The van der Waals surface area contributed by atoms with E-state index < -0.39 is 11.2 Å². The van der Waals surface area contributed by atoms with Gasteiger partial charge in [-0.3, -0.25) is 4.79 Å². The fourth-order valence-corrected chi connectivity index (χ4v) is 2.99. The van der Waals surface area contributed by atoms with E-state index in [1.165, 1.54) is 23.5 Å².